The highest BCUT2D eigenvalue weighted by Crippen LogP contribution is 2.32. The Hall–Kier alpha value is -2.11. The third-order valence-electron chi connectivity index (χ3n) is 4.04. The van der Waals surface area contributed by atoms with Crippen molar-refractivity contribution in [3.63, 3.8) is 0 Å². The average Bonchev–Trinajstić information content (AvgIpc) is 2.48. The maximum Gasteiger partial charge on any atom is 0.270 e. The predicted molar refractivity (Wildman–Crippen MR) is 71.6 cm³/mol. The van der Waals surface area contributed by atoms with Crippen LogP contribution in [0.5, 0.6) is 5.75 Å². The summed E-state index contributed by atoms with van der Waals surface area (Å²) in [5.74, 6) is 0.287. The largest absolute Gasteiger partial charge is 0.472 e. The number of non-ortho nitro benzene ring substituents is 1. The molecule has 1 aliphatic carbocycles. The van der Waals surface area contributed by atoms with Gasteiger partial charge in [-0.3, -0.25) is 14.9 Å². The Morgan fingerprint density at radius 2 is 2.00 bits per heavy atom. The molecule has 1 aromatic rings. The van der Waals surface area contributed by atoms with Crippen LogP contribution in [0.25, 0.3) is 0 Å². The first-order valence-electron chi connectivity index (χ1n) is 6.89. The van der Waals surface area contributed by atoms with Crippen molar-refractivity contribution in [1.29, 1.82) is 0 Å². The lowest BCUT2D eigenvalue weighted by molar-refractivity contribution is -0.384. The number of carbonyl (C=O) groups is 1. The summed E-state index contributed by atoms with van der Waals surface area (Å²) in [4.78, 5) is 24.6. The molecular formula is C14H16N2O4. The molecule has 2 aliphatic rings. The Labute approximate surface area is 116 Å². The van der Waals surface area contributed by atoms with E-state index in [1.54, 1.807) is 4.90 Å². The zero-order valence-electron chi connectivity index (χ0n) is 11.1. The van der Waals surface area contributed by atoms with Crippen molar-refractivity contribution in [2.75, 3.05) is 6.73 Å². The van der Waals surface area contributed by atoms with E-state index in [1.165, 1.54) is 24.6 Å². The second-order valence-electron chi connectivity index (χ2n) is 5.28. The van der Waals surface area contributed by atoms with Crippen molar-refractivity contribution in [3.05, 3.63) is 33.9 Å². The predicted octanol–water partition coefficient (Wildman–Crippen LogP) is 2.72. The van der Waals surface area contributed by atoms with Gasteiger partial charge in [0.25, 0.3) is 11.6 Å². The van der Waals surface area contributed by atoms with E-state index >= 15 is 0 Å². The Bertz CT molecular complexity index is 552. The molecule has 1 aliphatic heterocycles. The molecule has 1 fully saturated rings. The van der Waals surface area contributed by atoms with Crippen LogP contribution >= 0.6 is 0 Å². The third kappa shape index (κ3) is 2.21. The van der Waals surface area contributed by atoms with Crippen molar-refractivity contribution >= 4 is 11.6 Å². The molecule has 0 spiro atoms. The molecule has 0 N–H and O–H groups in total. The Balaban J connectivity index is 1.88. The van der Waals surface area contributed by atoms with Crippen molar-refractivity contribution in [2.24, 2.45) is 0 Å². The van der Waals surface area contributed by atoms with Crippen LogP contribution in [0.3, 0.4) is 0 Å². The summed E-state index contributed by atoms with van der Waals surface area (Å²) >= 11 is 0. The standard InChI is InChI=1S/C14H16N2O4/c17-14-12-8-11(16(18)19)6-7-13(12)20-9-15(14)10-4-2-1-3-5-10/h6-8,10H,1-5,9H2. The van der Waals surface area contributed by atoms with Crippen LogP contribution in [-0.2, 0) is 0 Å². The molecule has 106 valence electrons. The summed E-state index contributed by atoms with van der Waals surface area (Å²) in [6, 6.07) is 4.38. The maximum atomic E-state index is 12.5. The fourth-order valence-corrected chi connectivity index (χ4v) is 2.94. The summed E-state index contributed by atoms with van der Waals surface area (Å²) in [7, 11) is 0. The summed E-state index contributed by atoms with van der Waals surface area (Å²) < 4.78 is 5.58. The molecular weight excluding hydrogens is 260 g/mol. The SMILES string of the molecule is O=C1c2cc([N+](=O)[O-])ccc2OCN1C1CCCCC1. The number of ether oxygens (including phenoxy) is 1. The Morgan fingerprint density at radius 3 is 2.70 bits per heavy atom. The van der Waals surface area contributed by atoms with Gasteiger partial charge in [-0.1, -0.05) is 19.3 Å². The molecule has 0 bridgehead atoms. The van der Waals surface area contributed by atoms with Gasteiger partial charge in [0.2, 0.25) is 0 Å². The third-order valence-corrected chi connectivity index (χ3v) is 4.04. The van der Waals surface area contributed by atoms with Crippen LogP contribution in [0.1, 0.15) is 42.5 Å². The zero-order chi connectivity index (χ0) is 14.1. The van der Waals surface area contributed by atoms with E-state index in [1.807, 2.05) is 0 Å². The smallest absolute Gasteiger partial charge is 0.270 e. The number of hydrogen-bond donors (Lipinski definition) is 0. The average molecular weight is 276 g/mol. The lowest BCUT2D eigenvalue weighted by Crippen LogP contribution is -2.46. The highest BCUT2D eigenvalue weighted by molar-refractivity contribution is 5.98. The first-order chi connectivity index (χ1) is 9.66. The van der Waals surface area contributed by atoms with Gasteiger partial charge in [-0.15, -0.1) is 0 Å². The molecule has 0 radical (unpaired) electrons. The van der Waals surface area contributed by atoms with Crippen LogP contribution in [0.4, 0.5) is 5.69 Å². The van der Waals surface area contributed by atoms with E-state index in [0.717, 1.165) is 25.7 Å². The number of carbonyl (C=O) groups excluding carboxylic acids is 1. The van der Waals surface area contributed by atoms with Gasteiger partial charge in [-0.2, -0.15) is 0 Å². The van der Waals surface area contributed by atoms with Crippen molar-refractivity contribution in [2.45, 2.75) is 38.1 Å². The summed E-state index contributed by atoms with van der Waals surface area (Å²) in [6.07, 6.45) is 5.42. The molecule has 0 aromatic heterocycles. The highest BCUT2D eigenvalue weighted by atomic mass is 16.6. The molecule has 6 nitrogen and oxygen atoms in total. The van der Waals surface area contributed by atoms with Crippen LogP contribution in [0.15, 0.2) is 18.2 Å². The fraction of sp³-hybridized carbons (Fsp3) is 0.500. The number of hydrogen-bond acceptors (Lipinski definition) is 4. The van der Waals surface area contributed by atoms with E-state index in [4.69, 9.17) is 4.74 Å². The van der Waals surface area contributed by atoms with E-state index in [9.17, 15) is 14.9 Å². The fourth-order valence-electron chi connectivity index (χ4n) is 2.94. The molecule has 1 heterocycles. The van der Waals surface area contributed by atoms with Crippen LogP contribution in [-0.4, -0.2) is 28.5 Å². The maximum absolute atomic E-state index is 12.5. The number of nitrogens with zero attached hydrogens (tertiary/aromatic N) is 2. The number of rotatable bonds is 2. The first-order valence-corrected chi connectivity index (χ1v) is 6.89. The zero-order valence-corrected chi connectivity index (χ0v) is 11.1. The summed E-state index contributed by atoms with van der Waals surface area (Å²) in [6.45, 7) is 0.244. The van der Waals surface area contributed by atoms with Gasteiger partial charge in [0.1, 0.15) is 5.75 Å². The number of fused-ring (bicyclic) bond motifs is 1. The monoisotopic (exact) mass is 276 g/mol. The summed E-state index contributed by atoms with van der Waals surface area (Å²) in [5, 5.41) is 10.8. The second-order valence-corrected chi connectivity index (χ2v) is 5.28. The van der Waals surface area contributed by atoms with Gasteiger partial charge < -0.3 is 9.64 Å². The minimum absolute atomic E-state index is 0.0776. The van der Waals surface area contributed by atoms with Crippen LogP contribution < -0.4 is 4.74 Å². The molecule has 0 unspecified atom stereocenters. The van der Waals surface area contributed by atoms with E-state index in [-0.39, 0.29) is 24.4 Å². The quantitative estimate of drug-likeness (QED) is 0.615. The number of amides is 1. The van der Waals surface area contributed by atoms with Gasteiger partial charge in [-0.05, 0) is 18.9 Å². The molecule has 6 heteroatoms. The normalized spacial score (nSPS) is 19.4. The molecule has 0 saturated heterocycles. The summed E-state index contributed by atoms with van der Waals surface area (Å²) in [5.41, 5.74) is 0.224. The van der Waals surface area contributed by atoms with Gasteiger partial charge >= 0.3 is 0 Å². The van der Waals surface area contributed by atoms with E-state index < -0.39 is 4.92 Å². The van der Waals surface area contributed by atoms with Crippen molar-refractivity contribution in [3.8, 4) is 5.75 Å². The van der Waals surface area contributed by atoms with Crippen LogP contribution in [0.2, 0.25) is 0 Å². The minimum atomic E-state index is -0.493. The van der Waals surface area contributed by atoms with E-state index in [2.05, 4.69) is 0 Å². The van der Waals surface area contributed by atoms with Gasteiger partial charge in [-0.25, -0.2) is 0 Å². The highest BCUT2D eigenvalue weighted by Gasteiger charge is 2.32. The lowest BCUT2D eigenvalue weighted by atomic mass is 9.93. The molecule has 3 rings (SSSR count). The second kappa shape index (κ2) is 5.11. The molecule has 1 saturated carbocycles. The van der Waals surface area contributed by atoms with Gasteiger partial charge in [0.15, 0.2) is 6.73 Å². The van der Waals surface area contributed by atoms with Crippen LogP contribution in [0, 0.1) is 10.1 Å². The van der Waals surface area contributed by atoms with E-state index in [0.29, 0.717) is 11.3 Å². The molecule has 1 aromatic carbocycles. The Morgan fingerprint density at radius 1 is 1.25 bits per heavy atom. The number of benzene rings is 1. The van der Waals surface area contributed by atoms with Crippen molar-refractivity contribution in [1.82, 2.24) is 4.90 Å². The molecule has 20 heavy (non-hydrogen) atoms. The topological polar surface area (TPSA) is 72.7 Å². The molecule has 1 amide bonds. The number of nitro benzene ring substituents is 1. The van der Waals surface area contributed by atoms with Gasteiger partial charge in [0.05, 0.1) is 10.5 Å². The lowest BCUT2D eigenvalue weighted by Gasteiger charge is -2.37. The van der Waals surface area contributed by atoms with Crippen molar-refractivity contribution < 1.29 is 14.5 Å². The first kappa shape index (κ1) is 12.9. The minimum Gasteiger partial charge on any atom is -0.472 e. The Kier molecular flexibility index (Phi) is 3.30. The van der Waals surface area contributed by atoms with Gasteiger partial charge in [0, 0.05) is 18.2 Å². The number of nitro groups is 1. The molecule has 0 atom stereocenters.